The van der Waals surface area contributed by atoms with Gasteiger partial charge in [-0.2, -0.15) is 0 Å². The molecule has 0 spiro atoms. The van der Waals surface area contributed by atoms with E-state index in [1.807, 2.05) is 17.9 Å². The number of hydrogen-bond donors (Lipinski definition) is 1. The number of nitrogens with zero attached hydrogens (tertiary/aromatic N) is 3. The largest absolute Gasteiger partial charge is 0.493 e. The minimum Gasteiger partial charge on any atom is -0.493 e. The van der Waals surface area contributed by atoms with Crippen LogP contribution in [0.2, 0.25) is 0 Å². The molecule has 1 unspecified atom stereocenters. The van der Waals surface area contributed by atoms with Gasteiger partial charge in [-0.05, 0) is 37.8 Å². The number of H-pyrrole nitrogens is 1. The predicted molar refractivity (Wildman–Crippen MR) is 119 cm³/mol. The van der Waals surface area contributed by atoms with E-state index in [4.69, 9.17) is 14.2 Å². The number of aromatic nitrogens is 3. The van der Waals surface area contributed by atoms with E-state index in [1.54, 1.807) is 12.1 Å². The first-order valence-corrected chi connectivity index (χ1v) is 10.7. The van der Waals surface area contributed by atoms with Crippen molar-refractivity contribution in [2.75, 3.05) is 27.9 Å². The first kappa shape index (κ1) is 21.7. The average molecular weight is 441 g/mol. The quantitative estimate of drug-likeness (QED) is 0.633. The van der Waals surface area contributed by atoms with Crippen LogP contribution in [-0.2, 0) is 6.42 Å². The number of amides is 1. The molecule has 1 aliphatic heterocycles. The third-order valence-corrected chi connectivity index (χ3v) is 5.92. The number of hydrogen-bond acceptors (Lipinski definition) is 6. The molecular weight excluding hydrogens is 412 g/mol. The minimum atomic E-state index is -0.193. The van der Waals surface area contributed by atoms with Crippen molar-refractivity contribution in [2.24, 2.45) is 0 Å². The molecule has 0 aliphatic carbocycles. The van der Waals surface area contributed by atoms with Crippen LogP contribution in [0.5, 0.6) is 17.2 Å². The fourth-order valence-corrected chi connectivity index (χ4v) is 4.28. The highest BCUT2D eigenvalue weighted by Gasteiger charge is 2.31. The Balaban J connectivity index is 1.73. The minimum absolute atomic E-state index is 0.137. The van der Waals surface area contributed by atoms with E-state index in [0.29, 0.717) is 41.4 Å². The lowest BCUT2D eigenvalue weighted by Gasteiger charge is -2.35. The molecule has 2 aromatic heterocycles. The van der Waals surface area contributed by atoms with Crippen molar-refractivity contribution in [2.45, 2.75) is 38.6 Å². The monoisotopic (exact) mass is 440 g/mol. The summed E-state index contributed by atoms with van der Waals surface area (Å²) in [5.41, 5.74) is 2.40. The van der Waals surface area contributed by atoms with Crippen LogP contribution in [0, 0.1) is 0 Å². The molecule has 0 bridgehead atoms. The van der Waals surface area contributed by atoms with Crippen LogP contribution in [0.1, 0.15) is 54.0 Å². The van der Waals surface area contributed by atoms with Gasteiger partial charge in [0.2, 0.25) is 5.75 Å². The number of aryl methyl sites for hydroxylation is 1. The number of fused-ring (bicyclic) bond motifs is 1. The average Bonchev–Trinajstić information content (AvgIpc) is 3.27. The first-order valence-electron chi connectivity index (χ1n) is 10.7. The van der Waals surface area contributed by atoms with Gasteiger partial charge in [-0.1, -0.05) is 6.92 Å². The maximum atomic E-state index is 13.6. The van der Waals surface area contributed by atoms with Gasteiger partial charge in [-0.3, -0.25) is 14.7 Å². The van der Waals surface area contributed by atoms with Crippen LogP contribution in [0.25, 0.3) is 5.65 Å². The molecule has 4 rings (SSSR count). The van der Waals surface area contributed by atoms with Crippen molar-refractivity contribution in [1.82, 2.24) is 19.5 Å². The summed E-state index contributed by atoms with van der Waals surface area (Å²) >= 11 is 0. The molecule has 3 heterocycles. The van der Waals surface area contributed by atoms with E-state index in [9.17, 15) is 9.59 Å². The van der Waals surface area contributed by atoms with Crippen molar-refractivity contribution < 1.29 is 19.0 Å². The number of carbonyl (C=O) groups excluding carboxylic acids is 1. The summed E-state index contributed by atoms with van der Waals surface area (Å²) in [5.74, 6) is 1.16. The Labute approximate surface area is 185 Å². The maximum absolute atomic E-state index is 13.6. The summed E-state index contributed by atoms with van der Waals surface area (Å²) in [7, 11) is 4.57. The molecule has 3 aromatic rings. The third-order valence-electron chi connectivity index (χ3n) is 5.92. The summed E-state index contributed by atoms with van der Waals surface area (Å²) in [6, 6.07) is 6.54. The first-order chi connectivity index (χ1) is 15.5. The number of benzene rings is 1. The molecule has 1 saturated heterocycles. The molecule has 1 aromatic carbocycles. The van der Waals surface area contributed by atoms with Gasteiger partial charge in [0.25, 0.3) is 11.5 Å². The predicted octanol–water partition coefficient (Wildman–Crippen LogP) is 2.98. The van der Waals surface area contributed by atoms with E-state index >= 15 is 0 Å². The van der Waals surface area contributed by atoms with Crippen molar-refractivity contribution in [1.29, 1.82) is 0 Å². The van der Waals surface area contributed by atoms with Gasteiger partial charge in [0.1, 0.15) is 0 Å². The van der Waals surface area contributed by atoms with Crippen LogP contribution in [-0.4, -0.2) is 53.3 Å². The van der Waals surface area contributed by atoms with Gasteiger partial charge < -0.3 is 19.1 Å². The Kier molecular flexibility index (Phi) is 6.07. The zero-order valence-corrected chi connectivity index (χ0v) is 18.8. The molecule has 1 atom stereocenters. The third kappa shape index (κ3) is 3.79. The molecule has 0 radical (unpaired) electrons. The number of aromatic amines is 1. The molecule has 1 aliphatic rings. The van der Waals surface area contributed by atoms with Crippen LogP contribution in [0.3, 0.4) is 0 Å². The molecule has 9 heteroatoms. The highest BCUT2D eigenvalue weighted by Crippen LogP contribution is 2.39. The van der Waals surface area contributed by atoms with Gasteiger partial charge in [0.05, 0.1) is 33.1 Å². The van der Waals surface area contributed by atoms with E-state index in [0.717, 1.165) is 30.7 Å². The lowest BCUT2D eigenvalue weighted by atomic mass is 9.98. The molecule has 1 N–H and O–H groups in total. The number of rotatable bonds is 6. The molecule has 32 heavy (non-hydrogen) atoms. The fourth-order valence-electron chi connectivity index (χ4n) is 4.28. The number of carbonyl (C=O) groups is 1. The van der Waals surface area contributed by atoms with Crippen molar-refractivity contribution in [3.8, 4) is 17.2 Å². The van der Waals surface area contributed by atoms with Crippen LogP contribution < -0.4 is 19.8 Å². The van der Waals surface area contributed by atoms with Crippen molar-refractivity contribution in [3.05, 3.63) is 51.6 Å². The van der Waals surface area contributed by atoms with Crippen molar-refractivity contribution in [3.63, 3.8) is 0 Å². The molecule has 0 saturated carbocycles. The Bertz CT molecular complexity index is 1170. The number of methoxy groups -OCH3 is 3. The van der Waals surface area contributed by atoms with Gasteiger partial charge in [-0.25, -0.2) is 9.50 Å². The smallest absolute Gasteiger partial charge is 0.272 e. The van der Waals surface area contributed by atoms with E-state index in [2.05, 4.69) is 10.1 Å². The summed E-state index contributed by atoms with van der Waals surface area (Å²) in [6.07, 6.45) is 3.37. The number of piperidine rings is 1. The standard InChI is InChI=1S/C23H28N4O5/c1-5-15-12-21(28)27-20(24-15)13-16(25-27)17-8-6-7-9-26(17)23(29)14-10-18(30-2)22(32-4)19(11-14)31-3/h10-13,17,25H,5-9H2,1-4H3. The van der Waals surface area contributed by atoms with Crippen molar-refractivity contribution >= 4 is 11.6 Å². The maximum Gasteiger partial charge on any atom is 0.272 e. The summed E-state index contributed by atoms with van der Waals surface area (Å²) < 4.78 is 17.6. The Morgan fingerprint density at radius 1 is 1.09 bits per heavy atom. The summed E-state index contributed by atoms with van der Waals surface area (Å²) in [4.78, 5) is 32.4. The SMILES string of the molecule is CCc1cc(=O)n2[nH]c(C3CCCCN3C(=O)c3cc(OC)c(OC)c(OC)c3)cc2n1. The molecule has 1 amide bonds. The van der Waals surface area contributed by atoms with Gasteiger partial charge in [0.15, 0.2) is 17.1 Å². The number of nitrogens with one attached hydrogen (secondary N) is 1. The second-order valence-corrected chi connectivity index (χ2v) is 7.77. The Morgan fingerprint density at radius 2 is 1.81 bits per heavy atom. The van der Waals surface area contributed by atoms with Crippen LogP contribution in [0.4, 0.5) is 0 Å². The zero-order valence-electron chi connectivity index (χ0n) is 18.8. The highest BCUT2D eigenvalue weighted by atomic mass is 16.5. The summed E-state index contributed by atoms with van der Waals surface area (Å²) in [6.45, 7) is 2.57. The lowest BCUT2D eigenvalue weighted by Crippen LogP contribution is -2.38. The van der Waals surface area contributed by atoms with E-state index in [-0.39, 0.29) is 17.5 Å². The Morgan fingerprint density at radius 3 is 2.44 bits per heavy atom. The van der Waals surface area contributed by atoms with Gasteiger partial charge in [-0.15, -0.1) is 0 Å². The van der Waals surface area contributed by atoms with E-state index in [1.165, 1.54) is 31.9 Å². The second-order valence-electron chi connectivity index (χ2n) is 7.77. The van der Waals surface area contributed by atoms with E-state index < -0.39 is 0 Å². The zero-order chi connectivity index (χ0) is 22.8. The highest BCUT2D eigenvalue weighted by molar-refractivity contribution is 5.96. The van der Waals surface area contributed by atoms with Gasteiger partial charge in [0, 0.05) is 29.9 Å². The lowest BCUT2D eigenvalue weighted by molar-refractivity contribution is 0.0605. The molecular formula is C23H28N4O5. The second kappa shape index (κ2) is 8.94. The summed E-state index contributed by atoms with van der Waals surface area (Å²) in [5, 5.41) is 3.16. The number of likely N-dealkylation sites (tertiary alicyclic amines) is 1. The van der Waals surface area contributed by atoms with Crippen LogP contribution in [0.15, 0.2) is 29.1 Å². The molecule has 1 fully saturated rings. The van der Waals surface area contributed by atoms with Crippen LogP contribution >= 0.6 is 0 Å². The molecule has 170 valence electrons. The fraction of sp³-hybridized carbons (Fsp3) is 0.435. The topological polar surface area (TPSA) is 98.2 Å². The molecule has 9 nitrogen and oxygen atoms in total. The normalized spacial score (nSPS) is 16.2. The number of ether oxygens (including phenoxy) is 3. The Hall–Kier alpha value is -3.49. The van der Waals surface area contributed by atoms with Gasteiger partial charge >= 0.3 is 0 Å².